The zero-order chi connectivity index (χ0) is 18.9. The van der Waals surface area contributed by atoms with Crippen LogP contribution in [0.25, 0.3) is 0 Å². The van der Waals surface area contributed by atoms with Gasteiger partial charge in [0, 0.05) is 11.2 Å². The number of carbonyl (C=O) groups is 1. The Labute approximate surface area is 158 Å². The molecule has 1 atom stereocenters. The fourth-order valence-corrected chi connectivity index (χ4v) is 2.28. The minimum absolute atomic E-state index is 0.185. The summed E-state index contributed by atoms with van der Waals surface area (Å²) in [5.74, 6) is 1.34. The molecule has 0 bridgehead atoms. The van der Waals surface area contributed by atoms with Crippen LogP contribution in [0.1, 0.15) is 26.7 Å². The molecule has 7 heteroatoms. The lowest BCUT2D eigenvalue weighted by molar-refractivity contribution is -0.177. The molecule has 26 heavy (non-hydrogen) atoms. The van der Waals surface area contributed by atoms with Crippen LogP contribution >= 0.6 is 11.6 Å². The van der Waals surface area contributed by atoms with Crippen molar-refractivity contribution >= 4 is 23.4 Å². The summed E-state index contributed by atoms with van der Waals surface area (Å²) < 4.78 is 11.4. The summed E-state index contributed by atoms with van der Waals surface area (Å²) in [5, 5.41) is 1.90. The van der Waals surface area contributed by atoms with Gasteiger partial charge in [0.05, 0.1) is 13.2 Å². The summed E-state index contributed by atoms with van der Waals surface area (Å²) in [6.07, 6.45) is 11.0. The van der Waals surface area contributed by atoms with Gasteiger partial charge < -0.3 is 9.47 Å². The van der Waals surface area contributed by atoms with E-state index in [0.717, 1.165) is 6.42 Å². The van der Waals surface area contributed by atoms with E-state index in [9.17, 15) is 4.79 Å². The van der Waals surface area contributed by atoms with Crippen molar-refractivity contribution in [2.45, 2.75) is 32.8 Å². The third-order valence-corrected chi connectivity index (χ3v) is 3.57. The summed E-state index contributed by atoms with van der Waals surface area (Å²) in [7, 11) is 0. The third-order valence-electron chi connectivity index (χ3n) is 3.48. The first-order valence-electron chi connectivity index (χ1n) is 8.39. The predicted molar refractivity (Wildman–Crippen MR) is 101 cm³/mol. The predicted octanol–water partition coefficient (Wildman–Crippen LogP) is 3.98. The van der Waals surface area contributed by atoms with Crippen molar-refractivity contribution < 1.29 is 19.1 Å². The van der Waals surface area contributed by atoms with Crippen molar-refractivity contribution in [2.24, 2.45) is 4.99 Å². The Morgan fingerprint density at radius 1 is 1.42 bits per heavy atom. The van der Waals surface area contributed by atoms with E-state index in [1.165, 1.54) is 17.3 Å². The molecule has 1 aliphatic carbocycles. The standard InChI is InChI=1S/C19H23ClN2O4/c1-4-18(21-13-14(2)20)26-17-8-5-7-16(9-10-17)25-15(3)19(23)22-11-6-12-24-22/h4,7-10,13,15H,1,5-6,11-12H2,2-3H3/b14-13+,21-18?. The van der Waals surface area contributed by atoms with E-state index in [1.54, 1.807) is 26.0 Å². The second-order valence-corrected chi connectivity index (χ2v) is 6.25. The van der Waals surface area contributed by atoms with Crippen LogP contribution < -0.4 is 0 Å². The van der Waals surface area contributed by atoms with Gasteiger partial charge in [-0.15, -0.1) is 0 Å². The van der Waals surface area contributed by atoms with Gasteiger partial charge in [-0.2, -0.15) is 0 Å². The number of rotatable bonds is 6. The van der Waals surface area contributed by atoms with Gasteiger partial charge in [-0.05, 0) is 57.1 Å². The van der Waals surface area contributed by atoms with E-state index < -0.39 is 6.10 Å². The number of aliphatic imine (C=N–C) groups is 1. The fourth-order valence-electron chi connectivity index (χ4n) is 2.23. The first kappa shape index (κ1) is 20.0. The molecule has 0 spiro atoms. The van der Waals surface area contributed by atoms with Crippen LogP contribution in [0.5, 0.6) is 0 Å². The monoisotopic (exact) mass is 378 g/mol. The van der Waals surface area contributed by atoms with Gasteiger partial charge in [0.1, 0.15) is 11.5 Å². The van der Waals surface area contributed by atoms with E-state index in [-0.39, 0.29) is 5.91 Å². The number of ether oxygens (including phenoxy) is 2. The van der Waals surface area contributed by atoms with Crippen molar-refractivity contribution in [2.75, 3.05) is 13.2 Å². The molecule has 1 unspecified atom stereocenters. The Morgan fingerprint density at radius 2 is 2.15 bits per heavy atom. The zero-order valence-corrected chi connectivity index (χ0v) is 15.7. The van der Waals surface area contributed by atoms with Gasteiger partial charge in [-0.1, -0.05) is 18.2 Å². The molecule has 1 fully saturated rings. The molecule has 0 aromatic rings. The van der Waals surface area contributed by atoms with Crippen LogP contribution in [-0.2, 0) is 19.1 Å². The smallest absolute Gasteiger partial charge is 0.286 e. The highest BCUT2D eigenvalue weighted by atomic mass is 35.5. The highest BCUT2D eigenvalue weighted by Gasteiger charge is 2.26. The maximum absolute atomic E-state index is 12.2. The molecule has 1 aliphatic heterocycles. The van der Waals surface area contributed by atoms with Crippen molar-refractivity contribution in [3.8, 4) is 0 Å². The Kier molecular flexibility index (Phi) is 7.69. The molecule has 0 saturated carbocycles. The normalized spacial score (nSPS) is 19.4. The summed E-state index contributed by atoms with van der Waals surface area (Å²) in [4.78, 5) is 21.6. The summed E-state index contributed by atoms with van der Waals surface area (Å²) in [5.41, 5.74) is 0. The molecule has 1 saturated heterocycles. The van der Waals surface area contributed by atoms with Crippen molar-refractivity contribution in [1.29, 1.82) is 0 Å². The summed E-state index contributed by atoms with van der Waals surface area (Å²) in [6.45, 7) is 8.26. The van der Waals surface area contributed by atoms with E-state index in [1.807, 2.05) is 12.2 Å². The topological polar surface area (TPSA) is 60.4 Å². The highest BCUT2D eigenvalue weighted by Crippen LogP contribution is 2.17. The lowest BCUT2D eigenvalue weighted by Gasteiger charge is -2.20. The number of halogens is 1. The van der Waals surface area contributed by atoms with Crippen LogP contribution in [0.15, 0.2) is 64.7 Å². The second kappa shape index (κ2) is 9.99. The molecule has 2 aliphatic rings. The van der Waals surface area contributed by atoms with Crippen LogP contribution in [-0.4, -0.2) is 36.1 Å². The van der Waals surface area contributed by atoms with Crippen LogP contribution in [0.3, 0.4) is 0 Å². The Bertz CT molecular complexity index is 682. The molecule has 1 amide bonds. The lowest BCUT2D eigenvalue weighted by atomic mass is 10.3. The van der Waals surface area contributed by atoms with Gasteiger partial charge in [0.15, 0.2) is 6.10 Å². The maximum Gasteiger partial charge on any atom is 0.286 e. The van der Waals surface area contributed by atoms with Crippen LogP contribution in [0.2, 0.25) is 0 Å². The average Bonchev–Trinajstić information content (AvgIpc) is 3.07. The van der Waals surface area contributed by atoms with Gasteiger partial charge >= 0.3 is 0 Å². The summed E-state index contributed by atoms with van der Waals surface area (Å²) in [6, 6.07) is 0. The van der Waals surface area contributed by atoms with Crippen molar-refractivity contribution in [1.82, 2.24) is 5.06 Å². The fraction of sp³-hybridized carbons (Fsp3) is 0.368. The second-order valence-electron chi connectivity index (χ2n) is 5.66. The highest BCUT2D eigenvalue weighted by molar-refractivity contribution is 6.29. The van der Waals surface area contributed by atoms with Gasteiger partial charge in [0.2, 0.25) is 5.90 Å². The van der Waals surface area contributed by atoms with E-state index in [2.05, 4.69) is 11.6 Å². The molecule has 1 heterocycles. The number of nitrogens with zero attached hydrogens (tertiary/aromatic N) is 2. The number of hydrogen-bond acceptors (Lipinski definition) is 5. The van der Waals surface area contributed by atoms with Crippen molar-refractivity contribution in [3.05, 3.63) is 59.7 Å². The number of carbonyl (C=O) groups excluding carboxylic acids is 1. The summed E-state index contributed by atoms with van der Waals surface area (Å²) >= 11 is 5.76. The molecule has 140 valence electrons. The minimum Gasteiger partial charge on any atom is -0.481 e. The Balaban J connectivity index is 1.93. The first-order chi connectivity index (χ1) is 12.5. The number of hydroxylamine groups is 2. The van der Waals surface area contributed by atoms with Gasteiger partial charge in [0.25, 0.3) is 5.91 Å². The third kappa shape index (κ3) is 6.20. The van der Waals surface area contributed by atoms with Crippen LogP contribution in [0, 0.1) is 0 Å². The average molecular weight is 379 g/mol. The van der Waals surface area contributed by atoms with E-state index in [0.29, 0.717) is 42.0 Å². The van der Waals surface area contributed by atoms with E-state index in [4.69, 9.17) is 25.9 Å². The molecule has 0 aromatic heterocycles. The SMILES string of the molecule is C=CC(=N/C=C(\C)Cl)OC1=CCC=C(OC(C)C(=O)N2CCCO2)C=C1. The molecular weight excluding hydrogens is 356 g/mol. The van der Waals surface area contributed by atoms with E-state index >= 15 is 0 Å². The van der Waals surface area contributed by atoms with Crippen molar-refractivity contribution in [3.63, 3.8) is 0 Å². The molecular formula is C19H23ClN2O4. The first-order valence-corrected chi connectivity index (χ1v) is 8.77. The quantitative estimate of drug-likeness (QED) is 0.518. The molecule has 2 rings (SSSR count). The van der Waals surface area contributed by atoms with Gasteiger partial charge in [-0.3, -0.25) is 9.63 Å². The van der Waals surface area contributed by atoms with Crippen LogP contribution in [0.4, 0.5) is 0 Å². The Morgan fingerprint density at radius 3 is 2.81 bits per heavy atom. The molecule has 6 nitrogen and oxygen atoms in total. The number of amides is 1. The largest absolute Gasteiger partial charge is 0.481 e. The molecule has 0 aromatic carbocycles. The number of allylic oxidation sites excluding steroid dienone is 5. The molecule has 0 radical (unpaired) electrons. The maximum atomic E-state index is 12.2. The molecule has 0 N–H and O–H groups in total. The zero-order valence-electron chi connectivity index (χ0n) is 15.0. The number of hydrogen-bond donors (Lipinski definition) is 0. The lowest BCUT2D eigenvalue weighted by Crippen LogP contribution is -2.36. The Hall–Kier alpha value is -2.31. The van der Waals surface area contributed by atoms with Gasteiger partial charge in [-0.25, -0.2) is 10.1 Å². The minimum atomic E-state index is -0.631.